The largest absolute Gasteiger partial charge is 0.489 e. The van der Waals surface area contributed by atoms with Gasteiger partial charge in [0, 0.05) is 11.8 Å². The van der Waals surface area contributed by atoms with E-state index < -0.39 is 0 Å². The van der Waals surface area contributed by atoms with Crippen molar-refractivity contribution in [2.75, 3.05) is 11.9 Å². The monoisotopic (exact) mass is 467 g/mol. The van der Waals surface area contributed by atoms with Gasteiger partial charge in [-0.1, -0.05) is 56.3 Å². The molecule has 3 rings (SSSR count). The third kappa shape index (κ3) is 6.36. The molecule has 3 aromatic carbocycles. The highest BCUT2D eigenvalue weighted by atomic mass is 79.9. The van der Waals surface area contributed by atoms with Crippen LogP contribution in [0.5, 0.6) is 11.5 Å². The van der Waals surface area contributed by atoms with Crippen molar-refractivity contribution >= 4 is 27.5 Å². The van der Waals surface area contributed by atoms with Crippen LogP contribution in [0.3, 0.4) is 0 Å². The first-order valence-corrected chi connectivity index (χ1v) is 10.8. The minimum Gasteiger partial charge on any atom is -0.489 e. The normalized spacial score (nSPS) is 11.6. The van der Waals surface area contributed by atoms with Gasteiger partial charge >= 0.3 is 0 Å². The molecular weight excluding hydrogens is 442 g/mol. The third-order valence-electron chi connectivity index (χ3n) is 4.86. The van der Waals surface area contributed by atoms with Gasteiger partial charge in [-0.25, -0.2) is 0 Å². The van der Waals surface area contributed by atoms with Crippen LogP contribution < -0.4 is 14.8 Å². The first-order chi connectivity index (χ1) is 14.5. The number of halogens is 1. The molecule has 0 heterocycles. The maximum absolute atomic E-state index is 12.3. The van der Waals surface area contributed by atoms with Crippen LogP contribution in [0.25, 0.3) is 0 Å². The Hall–Kier alpha value is -2.79. The van der Waals surface area contributed by atoms with E-state index in [0.717, 1.165) is 16.5 Å². The molecule has 0 aliphatic carbocycles. The molecule has 5 heteroatoms. The summed E-state index contributed by atoms with van der Waals surface area (Å²) < 4.78 is 12.3. The van der Waals surface area contributed by atoms with Gasteiger partial charge in [0.1, 0.15) is 18.1 Å². The van der Waals surface area contributed by atoms with Gasteiger partial charge in [0.05, 0.1) is 4.47 Å². The van der Waals surface area contributed by atoms with Gasteiger partial charge in [0.2, 0.25) is 0 Å². The molecule has 0 fully saturated rings. The molecule has 3 aromatic rings. The minimum atomic E-state index is -0.229. The third-order valence-corrected chi connectivity index (χ3v) is 5.48. The van der Waals surface area contributed by atoms with Gasteiger partial charge in [-0.2, -0.15) is 0 Å². The smallest absolute Gasteiger partial charge is 0.262 e. The summed E-state index contributed by atoms with van der Waals surface area (Å²) in [5, 5.41) is 2.85. The van der Waals surface area contributed by atoms with Crippen LogP contribution in [0.2, 0.25) is 0 Å². The van der Waals surface area contributed by atoms with E-state index in [4.69, 9.17) is 9.47 Å². The van der Waals surface area contributed by atoms with E-state index in [1.807, 2.05) is 60.7 Å². The zero-order valence-corrected chi connectivity index (χ0v) is 18.8. The maximum Gasteiger partial charge on any atom is 0.262 e. The van der Waals surface area contributed by atoms with Crippen molar-refractivity contribution in [2.45, 2.75) is 32.8 Å². The number of carbonyl (C=O) groups is 1. The molecule has 156 valence electrons. The molecule has 0 aromatic heterocycles. The first kappa shape index (κ1) is 21.9. The number of nitrogens with one attached hydrogen (secondary N) is 1. The number of rotatable bonds is 9. The number of amides is 1. The SMILES string of the molecule is CCC(C)c1ccc(OCC(=O)Nc2cccc(OCc3ccccc3)c2)c(Br)c1. The maximum atomic E-state index is 12.3. The second kappa shape index (κ2) is 10.8. The summed E-state index contributed by atoms with van der Waals surface area (Å²) in [6.07, 6.45) is 1.07. The Morgan fingerprint density at radius 1 is 1.00 bits per heavy atom. The Balaban J connectivity index is 1.52. The molecule has 1 unspecified atom stereocenters. The van der Waals surface area contributed by atoms with Crippen LogP contribution in [0.15, 0.2) is 77.3 Å². The van der Waals surface area contributed by atoms with Gasteiger partial charge < -0.3 is 14.8 Å². The molecule has 1 amide bonds. The summed E-state index contributed by atoms with van der Waals surface area (Å²) in [6, 6.07) is 23.3. The summed E-state index contributed by atoms with van der Waals surface area (Å²) >= 11 is 3.53. The number of ether oxygens (including phenoxy) is 2. The summed E-state index contributed by atoms with van der Waals surface area (Å²) in [5.41, 5.74) is 3.00. The average molecular weight is 468 g/mol. The summed E-state index contributed by atoms with van der Waals surface area (Å²) in [6.45, 7) is 4.75. The van der Waals surface area contributed by atoms with Crippen LogP contribution in [0.1, 0.15) is 37.3 Å². The molecule has 0 aliphatic rings. The van der Waals surface area contributed by atoms with Crippen LogP contribution in [0, 0.1) is 0 Å². The molecular formula is C25H26BrNO3. The Bertz CT molecular complexity index is 975. The zero-order chi connectivity index (χ0) is 21.3. The Morgan fingerprint density at radius 2 is 1.80 bits per heavy atom. The van der Waals surface area contributed by atoms with E-state index in [1.165, 1.54) is 5.56 Å². The Labute approximate surface area is 186 Å². The lowest BCUT2D eigenvalue weighted by atomic mass is 9.99. The van der Waals surface area contributed by atoms with Gasteiger partial charge in [0.15, 0.2) is 6.61 Å². The van der Waals surface area contributed by atoms with Crippen molar-refractivity contribution in [3.8, 4) is 11.5 Å². The number of hydrogen-bond acceptors (Lipinski definition) is 3. The van der Waals surface area contributed by atoms with E-state index >= 15 is 0 Å². The quantitative estimate of drug-likeness (QED) is 0.387. The van der Waals surface area contributed by atoms with Gasteiger partial charge in [0.25, 0.3) is 5.91 Å². The number of benzene rings is 3. The van der Waals surface area contributed by atoms with Crippen LogP contribution in [-0.4, -0.2) is 12.5 Å². The van der Waals surface area contributed by atoms with E-state index in [-0.39, 0.29) is 12.5 Å². The topological polar surface area (TPSA) is 47.6 Å². The molecule has 0 bridgehead atoms. The summed E-state index contributed by atoms with van der Waals surface area (Å²) in [7, 11) is 0. The minimum absolute atomic E-state index is 0.0730. The van der Waals surface area contributed by atoms with Crippen molar-refractivity contribution in [1.29, 1.82) is 0 Å². The van der Waals surface area contributed by atoms with Gasteiger partial charge in [-0.15, -0.1) is 0 Å². The molecule has 0 saturated heterocycles. The molecule has 30 heavy (non-hydrogen) atoms. The Morgan fingerprint density at radius 3 is 2.53 bits per heavy atom. The molecule has 0 radical (unpaired) electrons. The molecule has 0 aliphatic heterocycles. The fraction of sp³-hybridized carbons (Fsp3) is 0.240. The predicted octanol–water partition coefficient (Wildman–Crippen LogP) is 6.56. The molecule has 0 saturated carbocycles. The molecule has 4 nitrogen and oxygen atoms in total. The first-order valence-electron chi connectivity index (χ1n) is 10.0. The average Bonchev–Trinajstić information content (AvgIpc) is 2.77. The lowest BCUT2D eigenvalue weighted by Gasteiger charge is -2.13. The highest BCUT2D eigenvalue weighted by Crippen LogP contribution is 2.30. The number of hydrogen-bond donors (Lipinski definition) is 1. The second-order valence-corrected chi connectivity index (χ2v) is 7.99. The van der Waals surface area contributed by atoms with Crippen molar-refractivity contribution < 1.29 is 14.3 Å². The van der Waals surface area contributed by atoms with Gasteiger partial charge in [-0.3, -0.25) is 4.79 Å². The van der Waals surface area contributed by atoms with Gasteiger partial charge in [-0.05, 0) is 63.7 Å². The van der Waals surface area contributed by atoms with E-state index in [1.54, 1.807) is 6.07 Å². The molecule has 0 spiro atoms. The van der Waals surface area contributed by atoms with Crippen LogP contribution >= 0.6 is 15.9 Å². The highest BCUT2D eigenvalue weighted by Gasteiger charge is 2.10. The standard InChI is InChI=1S/C25H26BrNO3/c1-3-18(2)20-12-13-24(23(26)14-20)30-17-25(28)27-21-10-7-11-22(15-21)29-16-19-8-5-4-6-9-19/h4-15,18H,3,16-17H2,1-2H3,(H,27,28). The van der Waals surface area contributed by atoms with E-state index in [2.05, 4.69) is 41.2 Å². The van der Waals surface area contributed by atoms with E-state index in [9.17, 15) is 4.79 Å². The van der Waals surface area contributed by atoms with Crippen molar-refractivity contribution in [3.05, 3.63) is 88.4 Å². The summed E-state index contributed by atoms with van der Waals surface area (Å²) in [5.74, 6) is 1.60. The summed E-state index contributed by atoms with van der Waals surface area (Å²) in [4.78, 5) is 12.3. The van der Waals surface area contributed by atoms with Crippen molar-refractivity contribution in [2.24, 2.45) is 0 Å². The van der Waals surface area contributed by atoms with Crippen LogP contribution in [-0.2, 0) is 11.4 Å². The lowest BCUT2D eigenvalue weighted by molar-refractivity contribution is -0.118. The zero-order valence-electron chi connectivity index (χ0n) is 17.2. The lowest BCUT2D eigenvalue weighted by Crippen LogP contribution is -2.20. The van der Waals surface area contributed by atoms with Crippen molar-refractivity contribution in [1.82, 2.24) is 0 Å². The van der Waals surface area contributed by atoms with E-state index in [0.29, 0.717) is 29.7 Å². The highest BCUT2D eigenvalue weighted by molar-refractivity contribution is 9.10. The number of anilines is 1. The van der Waals surface area contributed by atoms with Crippen molar-refractivity contribution in [3.63, 3.8) is 0 Å². The van der Waals surface area contributed by atoms with Crippen LogP contribution in [0.4, 0.5) is 5.69 Å². The second-order valence-electron chi connectivity index (χ2n) is 7.14. The fourth-order valence-corrected chi connectivity index (χ4v) is 3.43. The molecule has 1 N–H and O–H groups in total. The predicted molar refractivity (Wildman–Crippen MR) is 124 cm³/mol. The Kier molecular flexibility index (Phi) is 7.91. The fourth-order valence-electron chi connectivity index (χ4n) is 2.92. The molecule has 1 atom stereocenters. The number of carbonyl (C=O) groups excluding carboxylic acids is 1.